The molecule has 0 radical (unpaired) electrons. The molecular weight excluding hydrogens is 436 g/mol. The molecule has 4 rings (SSSR count). The first-order valence-corrected chi connectivity index (χ1v) is 11.2. The lowest BCUT2D eigenvalue weighted by molar-refractivity contribution is -0.119. The number of esters is 1. The van der Waals surface area contributed by atoms with Gasteiger partial charge in [-0.3, -0.25) is 9.78 Å². The van der Waals surface area contributed by atoms with Crippen LogP contribution in [0.25, 0.3) is 11.0 Å². The highest BCUT2D eigenvalue weighted by molar-refractivity contribution is 7.89. The summed E-state index contributed by atoms with van der Waals surface area (Å²) < 4.78 is 36.8. The molecule has 0 bridgehead atoms. The van der Waals surface area contributed by atoms with Crippen molar-refractivity contribution >= 4 is 38.6 Å². The van der Waals surface area contributed by atoms with E-state index in [0.29, 0.717) is 43.0 Å². The van der Waals surface area contributed by atoms with Crippen molar-refractivity contribution in [2.75, 3.05) is 38.2 Å². The number of benzene rings is 2. The standard InChI is InChI=1S/C21H20N4O6S/c26-20(14-31-21(27)19-13-22-17-3-1-2-4-18(17)24-19)23-15-5-7-16(8-6-15)32(28,29)25-9-11-30-12-10-25/h1-8,13H,9-12,14H2,(H,23,26). The van der Waals surface area contributed by atoms with Crippen molar-refractivity contribution < 1.29 is 27.5 Å². The first-order chi connectivity index (χ1) is 15.4. The maximum atomic E-state index is 12.6. The summed E-state index contributed by atoms with van der Waals surface area (Å²) >= 11 is 0. The van der Waals surface area contributed by atoms with Crippen LogP contribution in [0, 0.1) is 0 Å². The molecule has 11 heteroatoms. The third-order valence-corrected chi connectivity index (χ3v) is 6.65. The number of rotatable bonds is 6. The van der Waals surface area contributed by atoms with E-state index < -0.39 is 28.5 Å². The number of aromatic nitrogens is 2. The molecule has 1 aliphatic rings. The number of carbonyl (C=O) groups is 2. The van der Waals surface area contributed by atoms with Crippen LogP contribution >= 0.6 is 0 Å². The van der Waals surface area contributed by atoms with Crippen LogP contribution in [0.3, 0.4) is 0 Å². The molecule has 2 aromatic carbocycles. The number of sulfonamides is 1. The Morgan fingerprint density at radius 1 is 1.03 bits per heavy atom. The lowest BCUT2D eigenvalue weighted by atomic mass is 10.3. The minimum atomic E-state index is -3.62. The molecule has 1 amide bonds. The van der Waals surface area contributed by atoms with Crippen LogP contribution in [-0.2, 0) is 24.3 Å². The predicted molar refractivity (Wildman–Crippen MR) is 114 cm³/mol. The Labute approximate surface area is 184 Å². The van der Waals surface area contributed by atoms with Gasteiger partial charge in [-0.05, 0) is 36.4 Å². The lowest BCUT2D eigenvalue weighted by Gasteiger charge is -2.26. The fourth-order valence-corrected chi connectivity index (χ4v) is 4.51. The zero-order chi connectivity index (χ0) is 22.6. The molecule has 1 N–H and O–H groups in total. The van der Waals surface area contributed by atoms with Crippen LogP contribution in [0.4, 0.5) is 5.69 Å². The Morgan fingerprint density at radius 2 is 1.72 bits per heavy atom. The zero-order valence-corrected chi connectivity index (χ0v) is 17.7. The quantitative estimate of drug-likeness (QED) is 0.552. The third kappa shape index (κ3) is 4.90. The Hall–Kier alpha value is -3.41. The molecule has 0 atom stereocenters. The topological polar surface area (TPSA) is 128 Å². The first-order valence-electron chi connectivity index (χ1n) is 9.80. The number of nitrogens with one attached hydrogen (secondary N) is 1. The summed E-state index contributed by atoms with van der Waals surface area (Å²) in [6.07, 6.45) is 1.29. The number of anilines is 1. The van der Waals surface area contributed by atoms with Crippen molar-refractivity contribution in [3.05, 3.63) is 60.4 Å². The second-order valence-corrected chi connectivity index (χ2v) is 8.85. The van der Waals surface area contributed by atoms with E-state index in [2.05, 4.69) is 15.3 Å². The molecule has 10 nitrogen and oxygen atoms in total. The molecule has 1 saturated heterocycles. The number of carbonyl (C=O) groups excluding carboxylic acids is 2. The summed E-state index contributed by atoms with van der Waals surface area (Å²) in [5.74, 6) is -1.35. The van der Waals surface area contributed by atoms with Gasteiger partial charge in [-0.15, -0.1) is 0 Å². The predicted octanol–water partition coefficient (Wildman–Crippen LogP) is 1.45. The van der Waals surface area contributed by atoms with E-state index in [1.165, 1.54) is 34.8 Å². The second kappa shape index (κ2) is 9.39. The van der Waals surface area contributed by atoms with Crippen LogP contribution in [0.15, 0.2) is 59.6 Å². The van der Waals surface area contributed by atoms with Crippen molar-refractivity contribution in [3.63, 3.8) is 0 Å². The third-order valence-electron chi connectivity index (χ3n) is 4.74. The summed E-state index contributed by atoms with van der Waals surface area (Å²) in [7, 11) is -3.62. The van der Waals surface area contributed by atoms with Gasteiger partial charge in [0.15, 0.2) is 12.3 Å². The fraction of sp³-hybridized carbons (Fsp3) is 0.238. The second-order valence-electron chi connectivity index (χ2n) is 6.91. The molecule has 2 heterocycles. The Balaban J connectivity index is 1.33. The van der Waals surface area contributed by atoms with E-state index in [4.69, 9.17) is 9.47 Å². The number of amides is 1. The van der Waals surface area contributed by atoms with Gasteiger partial charge >= 0.3 is 5.97 Å². The first kappa shape index (κ1) is 21.8. The van der Waals surface area contributed by atoms with E-state index in [9.17, 15) is 18.0 Å². The van der Waals surface area contributed by atoms with Gasteiger partial charge in [0, 0.05) is 18.8 Å². The SMILES string of the molecule is O=C(COC(=O)c1cnc2ccccc2n1)Nc1ccc(S(=O)(=O)N2CCOCC2)cc1. The molecule has 1 fully saturated rings. The number of nitrogens with zero attached hydrogens (tertiary/aromatic N) is 3. The van der Waals surface area contributed by atoms with Crippen LogP contribution in [0.5, 0.6) is 0 Å². The normalized spacial score (nSPS) is 14.8. The molecule has 166 valence electrons. The van der Waals surface area contributed by atoms with Crippen LogP contribution in [0.2, 0.25) is 0 Å². The molecular formula is C21H20N4O6S. The van der Waals surface area contributed by atoms with Gasteiger partial charge in [-0.2, -0.15) is 4.31 Å². The minimum absolute atomic E-state index is 0.00540. The van der Waals surface area contributed by atoms with Crippen molar-refractivity contribution in [2.24, 2.45) is 0 Å². The summed E-state index contributed by atoms with van der Waals surface area (Å²) in [4.78, 5) is 32.7. The van der Waals surface area contributed by atoms with Crippen molar-refractivity contribution in [2.45, 2.75) is 4.90 Å². The number of morpholine rings is 1. The molecule has 1 aromatic heterocycles. The molecule has 32 heavy (non-hydrogen) atoms. The molecule has 3 aromatic rings. The number of hydrogen-bond acceptors (Lipinski definition) is 8. The number of para-hydroxylation sites is 2. The van der Waals surface area contributed by atoms with Crippen molar-refractivity contribution in [1.82, 2.24) is 14.3 Å². The average Bonchev–Trinajstić information content (AvgIpc) is 2.83. The summed E-state index contributed by atoms with van der Waals surface area (Å²) in [6.45, 7) is 0.788. The van der Waals surface area contributed by atoms with Gasteiger partial charge in [-0.25, -0.2) is 18.2 Å². The number of fused-ring (bicyclic) bond motifs is 1. The van der Waals surface area contributed by atoms with E-state index in [1.807, 2.05) is 6.07 Å². The highest BCUT2D eigenvalue weighted by Crippen LogP contribution is 2.19. The van der Waals surface area contributed by atoms with E-state index in [0.717, 1.165) is 0 Å². The molecule has 0 saturated carbocycles. The fourth-order valence-electron chi connectivity index (χ4n) is 3.10. The van der Waals surface area contributed by atoms with E-state index in [1.54, 1.807) is 18.2 Å². The van der Waals surface area contributed by atoms with E-state index in [-0.39, 0.29) is 10.6 Å². The van der Waals surface area contributed by atoms with Gasteiger partial charge in [0.2, 0.25) is 10.0 Å². The van der Waals surface area contributed by atoms with Crippen molar-refractivity contribution in [3.8, 4) is 0 Å². The molecule has 0 unspecified atom stereocenters. The maximum Gasteiger partial charge on any atom is 0.359 e. The highest BCUT2D eigenvalue weighted by atomic mass is 32.2. The number of ether oxygens (including phenoxy) is 2. The van der Waals surface area contributed by atoms with Gasteiger partial charge in [0.05, 0.1) is 35.3 Å². The van der Waals surface area contributed by atoms with Gasteiger partial charge in [0.25, 0.3) is 5.91 Å². The number of hydrogen-bond donors (Lipinski definition) is 1. The minimum Gasteiger partial charge on any atom is -0.451 e. The summed E-state index contributed by atoms with van der Waals surface area (Å²) in [5, 5.41) is 2.56. The Bertz CT molecular complexity index is 1240. The van der Waals surface area contributed by atoms with Crippen molar-refractivity contribution in [1.29, 1.82) is 0 Å². The molecule has 0 spiro atoms. The molecule has 1 aliphatic heterocycles. The smallest absolute Gasteiger partial charge is 0.359 e. The lowest BCUT2D eigenvalue weighted by Crippen LogP contribution is -2.40. The maximum absolute atomic E-state index is 12.6. The van der Waals surface area contributed by atoms with Crippen LogP contribution in [-0.4, -0.2) is 67.5 Å². The Morgan fingerprint density at radius 3 is 2.44 bits per heavy atom. The van der Waals surface area contributed by atoms with Crippen LogP contribution in [0.1, 0.15) is 10.5 Å². The zero-order valence-electron chi connectivity index (χ0n) is 16.9. The summed E-state index contributed by atoms with van der Waals surface area (Å²) in [5.41, 5.74) is 1.55. The molecule has 0 aliphatic carbocycles. The van der Waals surface area contributed by atoms with E-state index >= 15 is 0 Å². The Kier molecular flexibility index (Phi) is 6.40. The van der Waals surface area contributed by atoms with Gasteiger partial charge in [-0.1, -0.05) is 12.1 Å². The van der Waals surface area contributed by atoms with Gasteiger partial charge in [0.1, 0.15) is 0 Å². The largest absolute Gasteiger partial charge is 0.451 e. The average molecular weight is 456 g/mol. The summed E-state index contributed by atoms with van der Waals surface area (Å²) in [6, 6.07) is 12.8. The monoisotopic (exact) mass is 456 g/mol. The highest BCUT2D eigenvalue weighted by Gasteiger charge is 2.26. The van der Waals surface area contributed by atoms with Crippen LogP contribution < -0.4 is 5.32 Å². The van der Waals surface area contributed by atoms with Gasteiger partial charge < -0.3 is 14.8 Å².